The summed E-state index contributed by atoms with van der Waals surface area (Å²) in [6.45, 7) is 0.978. The van der Waals surface area contributed by atoms with Crippen LogP contribution in [0.3, 0.4) is 0 Å². The minimum atomic E-state index is -4.39. The molecule has 0 fully saturated rings. The molecule has 3 rings (SSSR count). The number of aromatic nitrogens is 2. The molecule has 0 radical (unpaired) electrons. The minimum absolute atomic E-state index is 0.116. The molecule has 0 aliphatic carbocycles. The minimum Gasteiger partial charge on any atom is -0.348 e. The van der Waals surface area contributed by atoms with Gasteiger partial charge in [0.1, 0.15) is 0 Å². The number of carbonyl (C=O) groups is 2. The Morgan fingerprint density at radius 3 is 2.48 bits per heavy atom. The van der Waals surface area contributed by atoms with E-state index in [1.165, 1.54) is 25.3 Å². The number of nitrogens with one attached hydrogen (secondary N) is 1. The van der Waals surface area contributed by atoms with Gasteiger partial charge in [-0.15, -0.1) is 0 Å². The third kappa shape index (κ3) is 6.76. The van der Waals surface area contributed by atoms with E-state index in [2.05, 4.69) is 15.3 Å². The summed E-state index contributed by atoms with van der Waals surface area (Å²) in [6.07, 6.45) is -0.814. The van der Waals surface area contributed by atoms with Crippen molar-refractivity contribution in [3.05, 3.63) is 77.2 Å². The number of carbonyl (C=O) groups excluding carboxylic acids is 2. The van der Waals surface area contributed by atoms with Gasteiger partial charge in [0.05, 0.1) is 28.4 Å². The molecule has 3 aromatic rings. The fraction of sp³-hybridized carbons (Fsp3) is 0.217. The second-order valence-corrected chi connectivity index (χ2v) is 7.59. The predicted molar refractivity (Wildman–Crippen MR) is 119 cm³/mol. The van der Waals surface area contributed by atoms with Crippen LogP contribution in [-0.4, -0.2) is 34.5 Å². The molecule has 0 bridgehead atoms. The molecule has 0 saturated carbocycles. The van der Waals surface area contributed by atoms with Crippen LogP contribution in [0.2, 0.25) is 5.02 Å². The van der Waals surface area contributed by atoms with Crippen molar-refractivity contribution in [3.8, 4) is 11.3 Å². The van der Waals surface area contributed by atoms with Gasteiger partial charge in [-0.25, -0.2) is 0 Å². The fourth-order valence-corrected chi connectivity index (χ4v) is 3.34. The van der Waals surface area contributed by atoms with Crippen LogP contribution >= 0.6 is 11.6 Å². The van der Waals surface area contributed by atoms with E-state index < -0.39 is 25.0 Å². The van der Waals surface area contributed by atoms with Gasteiger partial charge in [0.2, 0.25) is 5.91 Å². The van der Waals surface area contributed by atoms with E-state index in [9.17, 15) is 22.8 Å². The van der Waals surface area contributed by atoms with E-state index >= 15 is 0 Å². The Hall–Kier alpha value is -3.46. The SMILES string of the molecule is CC(=O)N(CCC(F)(F)F)c1ccc(-c2ccc(C(=O)NCc3cccnc3)cn2)cc1Cl. The van der Waals surface area contributed by atoms with Gasteiger partial charge in [0.15, 0.2) is 0 Å². The van der Waals surface area contributed by atoms with Crippen molar-refractivity contribution in [2.75, 3.05) is 11.4 Å². The lowest BCUT2D eigenvalue weighted by Gasteiger charge is -2.23. The molecule has 0 aliphatic rings. The van der Waals surface area contributed by atoms with Crippen LogP contribution in [0, 0.1) is 0 Å². The maximum absolute atomic E-state index is 12.6. The van der Waals surface area contributed by atoms with Crippen molar-refractivity contribution >= 4 is 29.1 Å². The lowest BCUT2D eigenvalue weighted by atomic mass is 10.1. The van der Waals surface area contributed by atoms with E-state index in [0.717, 1.165) is 10.5 Å². The van der Waals surface area contributed by atoms with Crippen molar-refractivity contribution in [2.45, 2.75) is 26.1 Å². The second kappa shape index (κ2) is 10.4. The average Bonchev–Trinajstić information content (AvgIpc) is 2.78. The Balaban J connectivity index is 1.71. The number of rotatable bonds is 7. The van der Waals surface area contributed by atoms with Crippen LogP contribution in [0.1, 0.15) is 29.3 Å². The molecule has 6 nitrogen and oxygen atoms in total. The third-order valence-electron chi connectivity index (χ3n) is 4.73. The molecule has 0 spiro atoms. The van der Waals surface area contributed by atoms with Gasteiger partial charge in [-0.05, 0) is 35.9 Å². The smallest absolute Gasteiger partial charge is 0.348 e. The number of halogens is 4. The molecule has 0 unspecified atom stereocenters. The normalized spacial score (nSPS) is 11.2. The topological polar surface area (TPSA) is 75.2 Å². The number of hydrogen-bond donors (Lipinski definition) is 1. The summed E-state index contributed by atoms with van der Waals surface area (Å²) in [6, 6.07) is 11.5. The maximum atomic E-state index is 12.6. The van der Waals surface area contributed by atoms with E-state index in [4.69, 9.17) is 11.6 Å². The highest BCUT2D eigenvalue weighted by Crippen LogP contribution is 2.32. The monoisotopic (exact) mass is 476 g/mol. The highest BCUT2D eigenvalue weighted by molar-refractivity contribution is 6.34. The van der Waals surface area contributed by atoms with Crippen molar-refractivity contribution in [1.29, 1.82) is 0 Å². The Bertz CT molecular complexity index is 1120. The molecule has 0 saturated heterocycles. The highest BCUT2D eigenvalue weighted by atomic mass is 35.5. The van der Waals surface area contributed by atoms with Crippen LogP contribution in [-0.2, 0) is 11.3 Å². The second-order valence-electron chi connectivity index (χ2n) is 7.18. The molecule has 0 aliphatic heterocycles. The molecule has 2 aromatic heterocycles. The lowest BCUT2D eigenvalue weighted by Crippen LogP contribution is -2.32. The summed E-state index contributed by atoms with van der Waals surface area (Å²) >= 11 is 6.28. The first-order valence-corrected chi connectivity index (χ1v) is 10.3. The Morgan fingerprint density at radius 1 is 1.12 bits per heavy atom. The van der Waals surface area contributed by atoms with E-state index in [1.807, 2.05) is 6.07 Å². The zero-order valence-corrected chi connectivity index (χ0v) is 18.3. The van der Waals surface area contributed by atoms with Gasteiger partial charge in [-0.3, -0.25) is 19.6 Å². The Kier molecular flexibility index (Phi) is 7.65. The van der Waals surface area contributed by atoms with E-state index in [1.54, 1.807) is 36.7 Å². The van der Waals surface area contributed by atoms with Gasteiger partial charge in [-0.2, -0.15) is 13.2 Å². The number of anilines is 1. The highest BCUT2D eigenvalue weighted by Gasteiger charge is 2.29. The quantitative estimate of drug-likeness (QED) is 0.519. The number of amides is 2. The molecule has 1 N–H and O–H groups in total. The van der Waals surface area contributed by atoms with Crippen molar-refractivity contribution < 1.29 is 22.8 Å². The molecule has 2 amide bonds. The first kappa shape index (κ1) is 24.2. The summed E-state index contributed by atoms with van der Waals surface area (Å²) in [5.41, 5.74) is 2.51. The largest absolute Gasteiger partial charge is 0.390 e. The van der Waals surface area contributed by atoms with Crippen LogP contribution in [0.5, 0.6) is 0 Å². The number of nitrogens with zero attached hydrogens (tertiary/aromatic N) is 3. The molecule has 1 aromatic carbocycles. The Morgan fingerprint density at radius 2 is 1.91 bits per heavy atom. The summed E-state index contributed by atoms with van der Waals surface area (Å²) in [4.78, 5) is 33.4. The first-order valence-electron chi connectivity index (χ1n) is 9.92. The summed E-state index contributed by atoms with van der Waals surface area (Å²) in [5.74, 6) is -0.846. The lowest BCUT2D eigenvalue weighted by molar-refractivity contribution is -0.133. The average molecular weight is 477 g/mol. The van der Waals surface area contributed by atoms with E-state index in [0.29, 0.717) is 23.4 Å². The van der Waals surface area contributed by atoms with Gasteiger partial charge in [0, 0.05) is 44.2 Å². The predicted octanol–water partition coefficient (Wildman–Crippen LogP) is 5.03. The van der Waals surface area contributed by atoms with Gasteiger partial charge in [-0.1, -0.05) is 23.7 Å². The molecule has 10 heteroatoms. The van der Waals surface area contributed by atoms with Crippen molar-refractivity contribution in [1.82, 2.24) is 15.3 Å². The molecule has 33 heavy (non-hydrogen) atoms. The van der Waals surface area contributed by atoms with Crippen LogP contribution in [0.25, 0.3) is 11.3 Å². The number of pyridine rings is 2. The number of alkyl halides is 3. The zero-order valence-electron chi connectivity index (χ0n) is 17.6. The molecular formula is C23H20ClF3N4O2. The Labute approximate surface area is 193 Å². The van der Waals surface area contributed by atoms with Crippen LogP contribution in [0.15, 0.2) is 61.1 Å². The first-order chi connectivity index (χ1) is 15.6. The van der Waals surface area contributed by atoms with Gasteiger partial charge >= 0.3 is 6.18 Å². The summed E-state index contributed by atoms with van der Waals surface area (Å²) < 4.78 is 37.8. The van der Waals surface area contributed by atoms with Crippen molar-refractivity contribution in [3.63, 3.8) is 0 Å². The van der Waals surface area contributed by atoms with Crippen LogP contribution in [0.4, 0.5) is 18.9 Å². The molecule has 0 atom stereocenters. The van der Waals surface area contributed by atoms with Gasteiger partial charge < -0.3 is 10.2 Å². The molecule has 172 valence electrons. The number of hydrogen-bond acceptors (Lipinski definition) is 4. The summed E-state index contributed by atoms with van der Waals surface area (Å²) in [7, 11) is 0. The van der Waals surface area contributed by atoms with Crippen LogP contribution < -0.4 is 10.2 Å². The maximum Gasteiger partial charge on any atom is 0.390 e. The zero-order chi connectivity index (χ0) is 24.0. The van der Waals surface area contributed by atoms with E-state index in [-0.39, 0.29) is 16.6 Å². The van der Waals surface area contributed by atoms with Gasteiger partial charge in [0.25, 0.3) is 5.91 Å². The standard InChI is InChI=1S/C23H20ClF3N4O2/c1-15(32)31(10-8-23(25,26)27)21-7-5-17(11-19(21)24)20-6-4-18(14-29-20)22(33)30-13-16-3-2-9-28-12-16/h2-7,9,11-12,14H,8,10,13H2,1H3,(H,30,33). The molecule has 2 heterocycles. The third-order valence-corrected chi connectivity index (χ3v) is 5.04. The fourth-order valence-electron chi connectivity index (χ4n) is 3.06. The number of benzene rings is 1. The summed E-state index contributed by atoms with van der Waals surface area (Å²) in [5, 5.41) is 2.89. The molecular weight excluding hydrogens is 457 g/mol. The van der Waals surface area contributed by atoms with Crippen molar-refractivity contribution in [2.24, 2.45) is 0 Å².